The molecule has 2 saturated heterocycles. The number of hydrogen-bond acceptors (Lipinski definition) is 11. The Morgan fingerprint density at radius 1 is 1.14 bits per heavy atom. The number of amides is 1. The number of nitrogens with one attached hydrogen (secondary N) is 3. The van der Waals surface area contributed by atoms with Gasteiger partial charge in [0.2, 0.25) is 5.75 Å². The Morgan fingerprint density at radius 3 is 2.40 bits per heavy atom. The summed E-state index contributed by atoms with van der Waals surface area (Å²) in [5.74, 6) is 0.922. The van der Waals surface area contributed by atoms with Crippen LogP contribution in [0.3, 0.4) is 0 Å². The lowest BCUT2D eigenvalue weighted by molar-refractivity contribution is -0.132. The van der Waals surface area contributed by atoms with Gasteiger partial charge in [0.1, 0.15) is 10.6 Å². The summed E-state index contributed by atoms with van der Waals surface area (Å²) in [4.78, 5) is 18.3. The van der Waals surface area contributed by atoms with Crippen LogP contribution in [0.4, 0.5) is 0 Å². The summed E-state index contributed by atoms with van der Waals surface area (Å²) in [6.45, 7) is 3.75. The molecule has 3 aliphatic heterocycles. The lowest BCUT2D eigenvalue weighted by atomic mass is 10.1. The van der Waals surface area contributed by atoms with Crippen LogP contribution in [0.2, 0.25) is 0 Å². The van der Waals surface area contributed by atoms with Gasteiger partial charge >= 0.3 is 0 Å². The fourth-order valence-corrected chi connectivity index (χ4v) is 6.66. The van der Waals surface area contributed by atoms with Crippen LogP contribution in [0.25, 0.3) is 0 Å². The Kier molecular flexibility index (Phi) is 8.29. The molecule has 1 aromatic carbocycles. The molecule has 12 nitrogen and oxygen atoms in total. The zero-order valence-corrected chi connectivity index (χ0v) is 21.5. The molecule has 194 valence electrons. The number of sulfonamides is 1. The predicted molar refractivity (Wildman–Crippen MR) is 130 cm³/mol. The number of nitrogens with zero attached hydrogens (tertiary/aromatic N) is 2. The van der Waals surface area contributed by atoms with Crippen LogP contribution in [-0.2, 0) is 19.6 Å². The lowest BCUT2D eigenvalue weighted by Crippen LogP contribution is -2.49. The lowest BCUT2D eigenvalue weighted by Gasteiger charge is -2.28. The number of thioether (sulfide) groups is 1. The molecule has 0 spiro atoms. The smallest absolute Gasteiger partial charge is 0.256 e. The first-order valence-corrected chi connectivity index (χ1v) is 13.5. The van der Waals surface area contributed by atoms with Crippen molar-refractivity contribution in [1.82, 2.24) is 25.4 Å². The summed E-state index contributed by atoms with van der Waals surface area (Å²) in [5, 5.41) is 5.88. The summed E-state index contributed by atoms with van der Waals surface area (Å²) >= 11 is 1.38. The largest absolute Gasteiger partial charge is 0.493 e. The fraction of sp³-hybridized carbons (Fsp3) is 0.571. The number of morpholine rings is 1. The van der Waals surface area contributed by atoms with E-state index in [-0.39, 0.29) is 17.4 Å². The minimum atomic E-state index is -3.98. The third kappa shape index (κ3) is 5.62. The topological polar surface area (TPSA) is 131 Å². The minimum Gasteiger partial charge on any atom is -0.493 e. The minimum absolute atomic E-state index is 0.113. The van der Waals surface area contributed by atoms with E-state index in [0.29, 0.717) is 49.2 Å². The van der Waals surface area contributed by atoms with Gasteiger partial charge in [0.15, 0.2) is 11.5 Å². The van der Waals surface area contributed by atoms with Crippen LogP contribution in [-0.4, -0.2) is 96.9 Å². The van der Waals surface area contributed by atoms with Crippen molar-refractivity contribution in [2.45, 2.75) is 10.6 Å². The number of hydrogen-bond donors (Lipinski definition) is 3. The maximum Gasteiger partial charge on any atom is 0.256 e. The van der Waals surface area contributed by atoms with E-state index in [1.807, 2.05) is 0 Å². The molecular weight excluding hydrogens is 498 g/mol. The van der Waals surface area contributed by atoms with Crippen molar-refractivity contribution in [1.29, 1.82) is 0 Å². The van der Waals surface area contributed by atoms with Crippen molar-refractivity contribution in [2.24, 2.45) is 0 Å². The SMILES string of the molecule is COc1cc(C2SC(CN3CCOCC3)C(=O)N2NS(=O)(=O)C2=CNCNC2)cc(OC)c1OC. The zero-order chi connectivity index (χ0) is 25.0. The van der Waals surface area contributed by atoms with Crippen LogP contribution in [0, 0.1) is 0 Å². The van der Waals surface area contributed by atoms with Crippen LogP contribution < -0.4 is 29.7 Å². The highest BCUT2D eigenvalue weighted by molar-refractivity contribution is 8.01. The average molecular weight is 530 g/mol. The molecule has 3 heterocycles. The monoisotopic (exact) mass is 529 g/mol. The first-order chi connectivity index (χ1) is 16.9. The number of carbonyl (C=O) groups is 1. The summed E-state index contributed by atoms with van der Waals surface area (Å²) in [7, 11) is 0.533. The molecule has 0 aliphatic carbocycles. The third-order valence-corrected chi connectivity index (χ3v) is 8.70. The van der Waals surface area contributed by atoms with Gasteiger partial charge in [0, 0.05) is 32.4 Å². The van der Waals surface area contributed by atoms with E-state index in [1.54, 1.807) is 12.1 Å². The van der Waals surface area contributed by atoms with Crippen molar-refractivity contribution in [2.75, 3.05) is 67.4 Å². The van der Waals surface area contributed by atoms with Crippen molar-refractivity contribution in [3.8, 4) is 17.2 Å². The van der Waals surface area contributed by atoms with Gasteiger partial charge in [-0.15, -0.1) is 16.6 Å². The molecule has 2 atom stereocenters. The number of rotatable bonds is 9. The molecule has 0 saturated carbocycles. The quantitative estimate of drug-likeness (QED) is 0.394. The van der Waals surface area contributed by atoms with Crippen LogP contribution in [0.15, 0.2) is 23.2 Å². The van der Waals surface area contributed by atoms with E-state index in [9.17, 15) is 13.2 Å². The number of hydrazine groups is 1. The Labute approximate surface area is 209 Å². The van der Waals surface area contributed by atoms with Crippen molar-refractivity contribution < 1.29 is 32.2 Å². The Hall–Kier alpha value is -2.23. The molecule has 3 N–H and O–H groups in total. The predicted octanol–water partition coefficient (Wildman–Crippen LogP) is -0.187. The molecular formula is C21H31N5O7S2. The Bertz CT molecular complexity index is 1040. The second-order valence-corrected chi connectivity index (χ2v) is 11.1. The summed E-state index contributed by atoms with van der Waals surface area (Å²) in [5.41, 5.74) is 0.638. The van der Waals surface area contributed by atoms with Gasteiger partial charge in [-0.25, -0.2) is 13.4 Å². The number of methoxy groups -OCH3 is 3. The van der Waals surface area contributed by atoms with Crippen LogP contribution >= 0.6 is 11.8 Å². The van der Waals surface area contributed by atoms with Gasteiger partial charge in [-0.1, -0.05) is 0 Å². The van der Waals surface area contributed by atoms with Gasteiger partial charge in [-0.05, 0) is 17.7 Å². The molecule has 2 unspecified atom stereocenters. The molecule has 0 aromatic heterocycles. The molecule has 14 heteroatoms. The number of carbonyl (C=O) groups excluding carboxylic acids is 1. The van der Waals surface area contributed by atoms with E-state index >= 15 is 0 Å². The highest BCUT2D eigenvalue weighted by Crippen LogP contribution is 2.47. The average Bonchev–Trinajstić information content (AvgIpc) is 3.18. The fourth-order valence-electron chi connectivity index (χ4n) is 4.08. The molecule has 35 heavy (non-hydrogen) atoms. The number of benzene rings is 1. The molecule has 2 fully saturated rings. The van der Waals surface area contributed by atoms with Crippen molar-refractivity contribution in [3.05, 3.63) is 28.8 Å². The van der Waals surface area contributed by atoms with Crippen molar-refractivity contribution >= 4 is 27.7 Å². The van der Waals surface area contributed by atoms with E-state index in [4.69, 9.17) is 18.9 Å². The second-order valence-electron chi connectivity index (χ2n) is 8.07. The summed E-state index contributed by atoms with van der Waals surface area (Å²) in [6, 6.07) is 3.46. The van der Waals surface area contributed by atoms with Gasteiger partial charge in [0.25, 0.3) is 15.9 Å². The first-order valence-electron chi connectivity index (χ1n) is 11.1. The highest BCUT2D eigenvalue weighted by atomic mass is 32.2. The van der Waals surface area contributed by atoms with Crippen LogP contribution in [0.1, 0.15) is 10.9 Å². The normalized spacial score (nSPS) is 23.6. The van der Waals surface area contributed by atoms with E-state index in [0.717, 1.165) is 13.1 Å². The molecule has 1 amide bonds. The van der Waals surface area contributed by atoms with E-state index in [1.165, 1.54) is 44.3 Å². The van der Waals surface area contributed by atoms with Gasteiger partial charge < -0.3 is 24.3 Å². The first kappa shape index (κ1) is 25.9. The maximum atomic E-state index is 13.5. The Morgan fingerprint density at radius 2 is 1.83 bits per heavy atom. The molecule has 3 aliphatic rings. The highest BCUT2D eigenvalue weighted by Gasteiger charge is 2.45. The molecule has 0 radical (unpaired) electrons. The van der Waals surface area contributed by atoms with E-state index < -0.39 is 20.6 Å². The Balaban J connectivity index is 1.67. The van der Waals surface area contributed by atoms with Crippen molar-refractivity contribution in [3.63, 3.8) is 0 Å². The van der Waals surface area contributed by atoms with Gasteiger partial charge in [0.05, 0.1) is 46.1 Å². The zero-order valence-electron chi connectivity index (χ0n) is 19.9. The van der Waals surface area contributed by atoms with E-state index in [2.05, 4.69) is 20.4 Å². The number of ether oxygens (including phenoxy) is 4. The van der Waals surface area contributed by atoms with Gasteiger partial charge in [-0.3, -0.25) is 15.0 Å². The maximum absolute atomic E-state index is 13.5. The van der Waals surface area contributed by atoms with Gasteiger partial charge in [-0.2, -0.15) is 0 Å². The third-order valence-electron chi connectivity index (χ3n) is 5.89. The standard InChI is InChI=1S/C21H31N5O7S2/c1-30-16-8-14(9-17(31-2)19(16)32-3)21-26(24-35(28,29)15-10-22-13-23-11-15)20(27)18(34-21)12-25-4-6-33-7-5-25/h8-10,18,21-24H,4-7,11-13H2,1-3H3. The molecule has 1 aromatic rings. The summed E-state index contributed by atoms with van der Waals surface area (Å²) < 4.78 is 48.1. The molecule has 4 rings (SSSR count). The second kappa shape index (κ2) is 11.2. The van der Waals surface area contributed by atoms with Crippen LogP contribution in [0.5, 0.6) is 17.2 Å². The molecule has 0 bridgehead atoms. The summed E-state index contributed by atoms with van der Waals surface area (Å²) in [6.07, 6.45) is 1.44.